The Morgan fingerprint density at radius 1 is 1.12 bits per heavy atom. The van der Waals surface area contributed by atoms with Crippen molar-refractivity contribution in [2.75, 3.05) is 14.2 Å². The van der Waals surface area contributed by atoms with Crippen molar-refractivity contribution >= 4 is 5.91 Å². The Bertz CT molecular complexity index is 714. The van der Waals surface area contributed by atoms with Crippen molar-refractivity contribution in [1.29, 1.82) is 0 Å². The highest BCUT2D eigenvalue weighted by Crippen LogP contribution is 2.47. The maximum atomic E-state index is 12.8. The summed E-state index contributed by atoms with van der Waals surface area (Å²) in [5.41, 5.74) is 1.67. The highest BCUT2D eigenvalue weighted by atomic mass is 16.5. The van der Waals surface area contributed by atoms with Gasteiger partial charge in [0.1, 0.15) is 11.5 Å². The number of hydrogen-bond donors (Lipinski definition) is 1. The molecule has 2 aromatic carbocycles. The van der Waals surface area contributed by atoms with Crippen molar-refractivity contribution in [1.82, 2.24) is 5.32 Å². The largest absolute Gasteiger partial charge is 0.497 e. The van der Waals surface area contributed by atoms with Crippen molar-refractivity contribution in [3.63, 3.8) is 0 Å². The van der Waals surface area contributed by atoms with Gasteiger partial charge in [0.15, 0.2) is 0 Å². The van der Waals surface area contributed by atoms with E-state index in [-0.39, 0.29) is 11.9 Å². The first-order valence-electron chi connectivity index (χ1n) is 8.22. The fourth-order valence-electron chi connectivity index (χ4n) is 3.12. The summed E-state index contributed by atoms with van der Waals surface area (Å²) in [5, 5.41) is 3.19. The Kier molecular flexibility index (Phi) is 4.74. The number of nitrogens with one attached hydrogen (secondary N) is 1. The van der Waals surface area contributed by atoms with Crippen LogP contribution in [-0.4, -0.2) is 20.1 Å². The van der Waals surface area contributed by atoms with E-state index < -0.39 is 0 Å². The molecule has 1 aliphatic rings. The van der Waals surface area contributed by atoms with Crippen molar-refractivity contribution in [3.05, 3.63) is 59.7 Å². The molecule has 2 aromatic rings. The average Bonchev–Trinajstić information content (AvgIpc) is 3.35. The lowest BCUT2D eigenvalue weighted by Crippen LogP contribution is -2.30. The van der Waals surface area contributed by atoms with Gasteiger partial charge in [0.05, 0.1) is 25.8 Å². The van der Waals surface area contributed by atoms with E-state index in [2.05, 4.69) is 24.4 Å². The number of benzene rings is 2. The van der Waals surface area contributed by atoms with Crippen molar-refractivity contribution < 1.29 is 14.3 Å². The molecule has 0 spiro atoms. The maximum Gasteiger partial charge on any atom is 0.255 e. The lowest BCUT2D eigenvalue weighted by atomic mass is 10.0. The number of rotatable bonds is 6. The molecule has 0 saturated heterocycles. The second-order valence-corrected chi connectivity index (χ2v) is 6.30. The molecule has 3 rings (SSSR count). The first kappa shape index (κ1) is 16.4. The Balaban J connectivity index is 1.84. The van der Waals surface area contributed by atoms with Crippen molar-refractivity contribution in [2.24, 2.45) is 11.8 Å². The zero-order chi connectivity index (χ0) is 17.1. The van der Waals surface area contributed by atoms with Gasteiger partial charge in [-0.15, -0.1) is 0 Å². The van der Waals surface area contributed by atoms with E-state index in [0.29, 0.717) is 28.9 Å². The molecule has 1 amide bonds. The number of ether oxygens (including phenoxy) is 2. The van der Waals surface area contributed by atoms with Gasteiger partial charge in [-0.3, -0.25) is 4.79 Å². The lowest BCUT2D eigenvalue weighted by Gasteiger charge is -2.20. The summed E-state index contributed by atoms with van der Waals surface area (Å²) >= 11 is 0. The molecule has 1 fully saturated rings. The maximum absolute atomic E-state index is 12.8. The summed E-state index contributed by atoms with van der Waals surface area (Å²) in [6.45, 7) is 2.22. The summed E-state index contributed by atoms with van der Waals surface area (Å²) in [5.74, 6) is 2.18. The molecule has 0 bridgehead atoms. The summed E-state index contributed by atoms with van der Waals surface area (Å²) in [6, 6.07) is 15.4. The Morgan fingerprint density at radius 2 is 1.83 bits per heavy atom. The van der Waals surface area contributed by atoms with Crippen LogP contribution < -0.4 is 14.8 Å². The molecule has 1 aliphatic carbocycles. The van der Waals surface area contributed by atoms with Gasteiger partial charge in [0, 0.05) is 6.07 Å². The minimum atomic E-state index is -0.123. The third kappa shape index (κ3) is 3.37. The molecule has 126 valence electrons. The topological polar surface area (TPSA) is 47.6 Å². The zero-order valence-electron chi connectivity index (χ0n) is 14.3. The summed E-state index contributed by atoms with van der Waals surface area (Å²) in [7, 11) is 3.15. The van der Waals surface area contributed by atoms with E-state index in [4.69, 9.17) is 9.47 Å². The van der Waals surface area contributed by atoms with E-state index in [1.807, 2.05) is 18.2 Å². The van der Waals surface area contributed by atoms with Gasteiger partial charge in [-0.25, -0.2) is 0 Å². The van der Waals surface area contributed by atoms with Crippen LogP contribution in [0.2, 0.25) is 0 Å². The molecular formula is C20H23NO3. The first-order chi connectivity index (χ1) is 11.6. The van der Waals surface area contributed by atoms with Crippen LogP contribution in [0.4, 0.5) is 0 Å². The lowest BCUT2D eigenvalue weighted by molar-refractivity contribution is 0.0927. The van der Waals surface area contributed by atoms with Crippen LogP contribution >= 0.6 is 0 Å². The molecule has 0 heterocycles. The molecule has 0 radical (unpaired) electrons. The van der Waals surface area contributed by atoms with E-state index >= 15 is 0 Å². The van der Waals surface area contributed by atoms with Crippen LogP contribution in [0.15, 0.2) is 48.5 Å². The molecule has 0 aromatic heterocycles. The van der Waals surface area contributed by atoms with Crippen LogP contribution in [-0.2, 0) is 0 Å². The van der Waals surface area contributed by atoms with E-state index in [1.54, 1.807) is 32.4 Å². The zero-order valence-corrected chi connectivity index (χ0v) is 14.3. The second kappa shape index (κ2) is 6.95. The molecule has 1 saturated carbocycles. The number of hydrogen-bond acceptors (Lipinski definition) is 3. The van der Waals surface area contributed by atoms with Crippen LogP contribution in [0.3, 0.4) is 0 Å². The molecule has 1 N–H and O–H groups in total. The minimum Gasteiger partial charge on any atom is -0.497 e. The van der Waals surface area contributed by atoms with E-state index in [0.717, 1.165) is 12.0 Å². The van der Waals surface area contributed by atoms with Gasteiger partial charge < -0.3 is 14.8 Å². The van der Waals surface area contributed by atoms with E-state index in [9.17, 15) is 4.79 Å². The summed E-state index contributed by atoms with van der Waals surface area (Å²) in [4.78, 5) is 12.8. The number of methoxy groups -OCH3 is 2. The monoisotopic (exact) mass is 325 g/mol. The van der Waals surface area contributed by atoms with Gasteiger partial charge in [-0.2, -0.15) is 0 Å². The Labute approximate surface area is 142 Å². The van der Waals surface area contributed by atoms with Crippen LogP contribution in [0.1, 0.15) is 35.3 Å². The highest BCUT2D eigenvalue weighted by molar-refractivity contribution is 5.97. The molecule has 3 unspecified atom stereocenters. The van der Waals surface area contributed by atoms with Crippen molar-refractivity contribution in [2.45, 2.75) is 19.4 Å². The van der Waals surface area contributed by atoms with Gasteiger partial charge in [0.2, 0.25) is 0 Å². The second-order valence-electron chi connectivity index (χ2n) is 6.30. The molecule has 3 atom stereocenters. The van der Waals surface area contributed by atoms with Gasteiger partial charge in [-0.1, -0.05) is 37.3 Å². The summed E-state index contributed by atoms with van der Waals surface area (Å²) < 4.78 is 10.5. The molecule has 0 aliphatic heterocycles. The Hall–Kier alpha value is -2.49. The van der Waals surface area contributed by atoms with Gasteiger partial charge in [-0.05, 0) is 36.0 Å². The standard InChI is InChI=1S/C20H23NO3/c1-13-11-17(13)19(14-7-5-4-6-8-14)21-20(22)16-10-9-15(23-2)12-18(16)24-3/h4-10,12-13,17,19H,11H2,1-3H3,(H,21,22). The van der Waals surface area contributed by atoms with Crippen molar-refractivity contribution in [3.8, 4) is 11.5 Å². The fraction of sp³-hybridized carbons (Fsp3) is 0.350. The minimum absolute atomic E-state index is 0.0282. The molecule has 4 nitrogen and oxygen atoms in total. The first-order valence-corrected chi connectivity index (χ1v) is 8.22. The smallest absolute Gasteiger partial charge is 0.255 e. The van der Waals surface area contributed by atoms with Gasteiger partial charge in [0.25, 0.3) is 5.91 Å². The molecule has 24 heavy (non-hydrogen) atoms. The van der Waals surface area contributed by atoms with E-state index in [1.165, 1.54) is 0 Å². The van der Waals surface area contributed by atoms with Crippen LogP contribution in [0.5, 0.6) is 11.5 Å². The SMILES string of the molecule is COc1ccc(C(=O)NC(c2ccccc2)C2CC2C)c(OC)c1. The Morgan fingerprint density at radius 3 is 2.42 bits per heavy atom. The van der Waals surface area contributed by atoms with Gasteiger partial charge >= 0.3 is 0 Å². The normalized spacial score (nSPS) is 20.1. The fourth-order valence-corrected chi connectivity index (χ4v) is 3.12. The number of amides is 1. The molecule has 4 heteroatoms. The predicted molar refractivity (Wildman–Crippen MR) is 93.5 cm³/mol. The predicted octanol–water partition coefficient (Wildman–Crippen LogP) is 3.83. The third-order valence-electron chi connectivity index (χ3n) is 4.70. The van der Waals surface area contributed by atoms with Crippen LogP contribution in [0, 0.1) is 11.8 Å². The van der Waals surface area contributed by atoms with Crippen LogP contribution in [0.25, 0.3) is 0 Å². The molecular weight excluding hydrogens is 302 g/mol. The number of carbonyl (C=O) groups excluding carboxylic acids is 1. The average molecular weight is 325 g/mol. The number of carbonyl (C=O) groups is 1. The quantitative estimate of drug-likeness (QED) is 0.878. The third-order valence-corrected chi connectivity index (χ3v) is 4.70. The highest BCUT2D eigenvalue weighted by Gasteiger charge is 2.41. The summed E-state index contributed by atoms with van der Waals surface area (Å²) in [6.07, 6.45) is 1.14.